The van der Waals surface area contributed by atoms with Gasteiger partial charge in [-0.3, -0.25) is 0 Å². The number of aliphatic hydroxyl groups is 1. The van der Waals surface area contributed by atoms with Gasteiger partial charge in [0.15, 0.2) is 0 Å². The lowest BCUT2D eigenvalue weighted by Crippen LogP contribution is -2.15. The number of hydrogen-bond donors (Lipinski definition) is 1. The highest BCUT2D eigenvalue weighted by Gasteiger charge is 2.09. The van der Waals surface area contributed by atoms with Crippen molar-refractivity contribution < 1.29 is 5.11 Å². The SMILES string of the molecule is [B]C[C@H](CCC)[C@@H](C)O. The summed E-state index contributed by atoms with van der Waals surface area (Å²) in [5.74, 6) is 0.301. The average molecular weight is 126 g/mol. The molecule has 0 rings (SSSR count). The minimum absolute atomic E-state index is 0.241. The van der Waals surface area contributed by atoms with E-state index in [-0.39, 0.29) is 6.10 Å². The van der Waals surface area contributed by atoms with Crippen LogP contribution in [0.4, 0.5) is 0 Å². The van der Waals surface area contributed by atoms with Crippen LogP contribution < -0.4 is 0 Å². The Morgan fingerprint density at radius 3 is 2.22 bits per heavy atom. The second-order valence-electron chi connectivity index (χ2n) is 2.53. The summed E-state index contributed by atoms with van der Waals surface area (Å²) in [7, 11) is 5.40. The highest BCUT2D eigenvalue weighted by atomic mass is 16.3. The Morgan fingerprint density at radius 1 is 1.56 bits per heavy atom. The van der Waals surface area contributed by atoms with Gasteiger partial charge in [0.25, 0.3) is 0 Å². The first-order chi connectivity index (χ1) is 4.22. The first kappa shape index (κ1) is 9.02. The van der Waals surface area contributed by atoms with Gasteiger partial charge in [-0.1, -0.05) is 19.7 Å². The van der Waals surface area contributed by atoms with Crippen molar-refractivity contribution in [3.63, 3.8) is 0 Å². The zero-order chi connectivity index (χ0) is 7.28. The largest absolute Gasteiger partial charge is 0.393 e. The zero-order valence-electron chi connectivity index (χ0n) is 6.30. The van der Waals surface area contributed by atoms with E-state index < -0.39 is 0 Å². The summed E-state index contributed by atoms with van der Waals surface area (Å²) in [5, 5.41) is 9.06. The minimum atomic E-state index is -0.241. The molecular formula is C7H15BO. The molecule has 0 unspecified atom stereocenters. The van der Waals surface area contributed by atoms with Crippen molar-refractivity contribution in [3.05, 3.63) is 0 Å². The summed E-state index contributed by atoms with van der Waals surface area (Å²) < 4.78 is 0. The maximum Gasteiger partial charge on any atom is 0.0658 e. The molecule has 2 atom stereocenters. The van der Waals surface area contributed by atoms with Crippen LogP contribution >= 0.6 is 0 Å². The van der Waals surface area contributed by atoms with E-state index in [1.807, 2.05) is 0 Å². The summed E-state index contributed by atoms with van der Waals surface area (Å²) in [5.41, 5.74) is 0. The molecule has 0 aliphatic carbocycles. The molecule has 0 spiro atoms. The Balaban J connectivity index is 3.41. The second kappa shape index (κ2) is 4.86. The molecule has 0 aliphatic rings. The Morgan fingerprint density at radius 2 is 2.11 bits per heavy atom. The fourth-order valence-electron chi connectivity index (χ4n) is 0.927. The molecule has 9 heavy (non-hydrogen) atoms. The van der Waals surface area contributed by atoms with Crippen LogP contribution in [0.5, 0.6) is 0 Å². The van der Waals surface area contributed by atoms with Crippen LogP contribution in [0.1, 0.15) is 26.7 Å². The predicted octanol–water partition coefficient (Wildman–Crippen LogP) is 1.37. The maximum absolute atomic E-state index is 9.06. The van der Waals surface area contributed by atoms with Crippen LogP contribution in [0.25, 0.3) is 0 Å². The van der Waals surface area contributed by atoms with Crippen molar-refractivity contribution in [1.29, 1.82) is 0 Å². The second-order valence-corrected chi connectivity index (χ2v) is 2.53. The third kappa shape index (κ3) is 3.58. The molecule has 0 heterocycles. The number of rotatable bonds is 4. The topological polar surface area (TPSA) is 20.2 Å². The highest BCUT2D eigenvalue weighted by molar-refractivity contribution is 6.08. The van der Waals surface area contributed by atoms with Gasteiger partial charge in [-0.15, -0.1) is 0 Å². The molecule has 2 heteroatoms. The molecule has 0 aromatic rings. The lowest BCUT2D eigenvalue weighted by atomic mass is 9.85. The van der Waals surface area contributed by atoms with Gasteiger partial charge in [0.05, 0.1) is 14.0 Å². The monoisotopic (exact) mass is 126 g/mol. The Hall–Kier alpha value is 0.0249. The van der Waals surface area contributed by atoms with Gasteiger partial charge in [0.2, 0.25) is 0 Å². The van der Waals surface area contributed by atoms with Crippen molar-refractivity contribution in [1.82, 2.24) is 0 Å². The van der Waals surface area contributed by atoms with Crippen LogP contribution in [0.2, 0.25) is 6.32 Å². The van der Waals surface area contributed by atoms with Crippen LogP contribution in [0.3, 0.4) is 0 Å². The van der Waals surface area contributed by atoms with E-state index in [1.54, 1.807) is 6.92 Å². The van der Waals surface area contributed by atoms with E-state index >= 15 is 0 Å². The van der Waals surface area contributed by atoms with E-state index in [0.29, 0.717) is 12.2 Å². The summed E-state index contributed by atoms with van der Waals surface area (Å²) in [4.78, 5) is 0. The van der Waals surface area contributed by atoms with Crippen molar-refractivity contribution in [2.45, 2.75) is 39.1 Å². The third-order valence-corrected chi connectivity index (χ3v) is 1.64. The molecule has 0 saturated heterocycles. The maximum atomic E-state index is 9.06. The Bertz CT molecular complexity index is 63.9. The quantitative estimate of drug-likeness (QED) is 0.564. The summed E-state index contributed by atoms with van der Waals surface area (Å²) in [6.07, 6.45) is 2.50. The molecule has 1 N–H and O–H groups in total. The van der Waals surface area contributed by atoms with Crippen molar-refractivity contribution in [2.75, 3.05) is 0 Å². The van der Waals surface area contributed by atoms with E-state index in [4.69, 9.17) is 13.0 Å². The van der Waals surface area contributed by atoms with E-state index in [9.17, 15) is 0 Å². The minimum Gasteiger partial charge on any atom is -0.393 e. The summed E-state index contributed by atoms with van der Waals surface area (Å²) >= 11 is 0. The van der Waals surface area contributed by atoms with E-state index in [2.05, 4.69) is 6.92 Å². The van der Waals surface area contributed by atoms with Crippen LogP contribution in [0.15, 0.2) is 0 Å². The lowest BCUT2D eigenvalue weighted by Gasteiger charge is -2.16. The molecule has 0 aromatic heterocycles. The molecule has 0 saturated carbocycles. The van der Waals surface area contributed by atoms with E-state index in [1.165, 1.54) is 0 Å². The van der Waals surface area contributed by atoms with Crippen LogP contribution in [-0.4, -0.2) is 19.1 Å². The highest BCUT2D eigenvalue weighted by Crippen LogP contribution is 2.13. The van der Waals surface area contributed by atoms with Crippen LogP contribution in [-0.2, 0) is 0 Å². The van der Waals surface area contributed by atoms with Gasteiger partial charge in [-0.2, -0.15) is 0 Å². The van der Waals surface area contributed by atoms with Crippen LogP contribution in [0, 0.1) is 5.92 Å². The first-order valence-corrected chi connectivity index (χ1v) is 3.60. The van der Waals surface area contributed by atoms with Crippen molar-refractivity contribution in [2.24, 2.45) is 5.92 Å². The lowest BCUT2D eigenvalue weighted by molar-refractivity contribution is 0.130. The summed E-state index contributed by atoms with van der Waals surface area (Å²) in [6.45, 7) is 3.90. The molecule has 0 aliphatic heterocycles. The van der Waals surface area contributed by atoms with Crippen molar-refractivity contribution >= 4 is 7.85 Å². The predicted molar refractivity (Wildman–Crippen MR) is 40.6 cm³/mol. The van der Waals surface area contributed by atoms with E-state index in [0.717, 1.165) is 12.8 Å². The van der Waals surface area contributed by atoms with Gasteiger partial charge in [-0.05, 0) is 19.3 Å². The average Bonchev–Trinajstić information content (AvgIpc) is 1.82. The van der Waals surface area contributed by atoms with Gasteiger partial charge < -0.3 is 5.11 Å². The smallest absolute Gasteiger partial charge is 0.0658 e. The first-order valence-electron chi connectivity index (χ1n) is 3.60. The number of hydrogen-bond acceptors (Lipinski definition) is 1. The summed E-state index contributed by atoms with van der Waals surface area (Å²) in [6, 6.07) is 0. The fourth-order valence-corrected chi connectivity index (χ4v) is 0.927. The van der Waals surface area contributed by atoms with Gasteiger partial charge in [0.1, 0.15) is 0 Å². The molecule has 52 valence electrons. The molecular weight excluding hydrogens is 111 g/mol. The molecule has 0 amide bonds. The third-order valence-electron chi connectivity index (χ3n) is 1.64. The molecule has 2 radical (unpaired) electrons. The van der Waals surface area contributed by atoms with Gasteiger partial charge in [-0.25, -0.2) is 0 Å². The molecule has 1 nitrogen and oxygen atoms in total. The Labute approximate surface area is 58.9 Å². The molecule has 0 aromatic carbocycles. The molecule has 0 bridgehead atoms. The normalized spacial score (nSPS) is 17.2. The zero-order valence-corrected chi connectivity index (χ0v) is 6.30. The molecule has 0 fully saturated rings. The Kier molecular flexibility index (Phi) is 4.88. The van der Waals surface area contributed by atoms with Gasteiger partial charge in [0, 0.05) is 0 Å². The van der Waals surface area contributed by atoms with Gasteiger partial charge >= 0.3 is 0 Å². The number of aliphatic hydroxyl groups excluding tert-OH is 1. The van der Waals surface area contributed by atoms with Crippen molar-refractivity contribution in [3.8, 4) is 0 Å². The standard InChI is InChI=1S/C7H15BO/c1-3-4-7(5-8)6(2)9/h6-7,9H,3-5H2,1-2H3/t6-,7+/m1/s1. The fraction of sp³-hybridized carbons (Fsp3) is 1.00.